The molecule has 0 unspecified atom stereocenters. The van der Waals surface area contributed by atoms with Gasteiger partial charge < -0.3 is 14.8 Å². The summed E-state index contributed by atoms with van der Waals surface area (Å²) in [4.78, 5) is 12.6. The average molecular weight is 389 g/mol. The van der Waals surface area contributed by atoms with Crippen LogP contribution in [0.2, 0.25) is 0 Å². The zero-order valence-electron chi connectivity index (χ0n) is 16.8. The van der Waals surface area contributed by atoms with Crippen molar-refractivity contribution in [1.29, 1.82) is 0 Å². The number of hydrogen-bond acceptors (Lipinski definition) is 3. The average Bonchev–Trinajstić information content (AvgIpc) is 2.77. The summed E-state index contributed by atoms with van der Waals surface area (Å²) < 4.78 is 11.5. The van der Waals surface area contributed by atoms with E-state index in [-0.39, 0.29) is 5.91 Å². The molecule has 0 saturated carbocycles. The molecule has 1 amide bonds. The van der Waals surface area contributed by atoms with Gasteiger partial charge in [-0.2, -0.15) is 0 Å². The van der Waals surface area contributed by atoms with Gasteiger partial charge in [-0.25, -0.2) is 0 Å². The third-order valence-electron chi connectivity index (χ3n) is 4.43. The maximum absolute atomic E-state index is 12.6. The molecule has 0 aliphatic carbocycles. The molecule has 4 nitrogen and oxygen atoms in total. The van der Waals surface area contributed by atoms with E-state index in [0.29, 0.717) is 24.5 Å². The lowest BCUT2D eigenvalue weighted by Crippen LogP contribution is -2.13. The topological polar surface area (TPSA) is 47.6 Å². The Morgan fingerprint density at radius 3 is 2.31 bits per heavy atom. The molecule has 0 saturated heterocycles. The van der Waals surface area contributed by atoms with Crippen LogP contribution in [0, 0.1) is 0 Å². The van der Waals surface area contributed by atoms with Crippen molar-refractivity contribution >= 4 is 11.6 Å². The molecule has 0 aliphatic rings. The van der Waals surface area contributed by atoms with Crippen molar-refractivity contribution in [1.82, 2.24) is 0 Å². The number of amides is 1. The van der Waals surface area contributed by atoms with Gasteiger partial charge in [0.15, 0.2) is 0 Å². The van der Waals surface area contributed by atoms with Gasteiger partial charge in [0.2, 0.25) is 0 Å². The molecular weight excluding hydrogens is 362 g/mol. The molecule has 0 atom stereocenters. The predicted octanol–water partition coefficient (Wildman–Crippen LogP) is 5.74. The number of rotatable bonds is 10. The Morgan fingerprint density at radius 1 is 0.828 bits per heavy atom. The fourth-order valence-electron chi connectivity index (χ4n) is 2.94. The highest BCUT2D eigenvalue weighted by Crippen LogP contribution is 2.21. The number of carbonyl (C=O) groups is 1. The third-order valence-corrected chi connectivity index (χ3v) is 4.43. The van der Waals surface area contributed by atoms with Crippen LogP contribution in [0.25, 0.3) is 0 Å². The molecular formula is C25H27NO3. The monoisotopic (exact) mass is 389 g/mol. The molecule has 1 N–H and O–H groups in total. The second-order valence-electron chi connectivity index (χ2n) is 6.76. The summed E-state index contributed by atoms with van der Waals surface area (Å²) in [6.45, 7) is 3.28. The standard InChI is InChI=1S/C25H27NO3/c1-2-18-29-24-13-7-6-12-23(24)25(27)26-21-14-16-22(17-15-21)28-19-8-11-20-9-4-3-5-10-20/h3-7,9-10,12-17H,2,8,11,18-19H2,1H3,(H,26,27). The van der Waals surface area contributed by atoms with Crippen LogP contribution in [0.3, 0.4) is 0 Å². The minimum Gasteiger partial charge on any atom is -0.494 e. The van der Waals surface area contributed by atoms with Crippen molar-refractivity contribution in [2.75, 3.05) is 18.5 Å². The number of anilines is 1. The van der Waals surface area contributed by atoms with Crippen LogP contribution in [0.1, 0.15) is 35.7 Å². The number of benzene rings is 3. The second kappa shape index (κ2) is 10.9. The van der Waals surface area contributed by atoms with Crippen LogP contribution in [-0.2, 0) is 6.42 Å². The summed E-state index contributed by atoms with van der Waals surface area (Å²) in [5, 5.41) is 2.92. The summed E-state index contributed by atoms with van der Waals surface area (Å²) in [7, 11) is 0. The highest BCUT2D eigenvalue weighted by molar-refractivity contribution is 6.06. The molecule has 0 fully saturated rings. The third kappa shape index (κ3) is 6.39. The largest absolute Gasteiger partial charge is 0.494 e. The van der Waals surface area contributed by atoms with Crippen LogP contribution in [0.4, 0.5) is 5.69 Å². The minimum atomic E-state index is -0.187. The first-order valence-electron chi connectivity index (χ1n) is 10.1. The fraction of sp³-hybridized carbons (Fsp3) is 0.240. The summed E-state index contributed by atoms with van der Waals surface area (Å²) >= 11 is 0. The van der Waals surface area contributed by atoms with Gasteiger partial charge in [0.05, 0.1) is 18.8 Å². The van der Waals surface area contributed by atoms with Crippen LogP contribution in [0.15, 0.2) is 78.9 Å². The van der Waals surface area contributed by atoms with Crippen molar-refractivity contribution in [2.45, 2.75) is 26.2 Å². The minimum absolute atomic E-state index is 0.187. The Hall–Kier alpha value is -3.27. The Bertz CT molecular complexity index is 891. The molecule has 3 rings (SSSR count). The van der Waals surface area contributed by atoms with E-state index >= 15 is 0 Å². The quantitative estimate of drug-likeness (QED) is 0.450. The number of para-hydroxylation sites is 1. The van der Waals surface area contributed by atoms with Gasteiger partial charge in [0.25, 0.3) is 5.91 Å². The van der Waals surface area contributed by atoms with Crippen molar-refractivity contribution in [3.05, 3.63) is 90.0 Å². The van der Waals surface area contributed by atoms with Gasteiger partial charge >= 0.3 is 0 Å². The molecule has 4 heteroatoms. The van der Waals surface area contributed by atoms with E-state index in [2.05, 4.69) is 29.6 Å². The van der Waals surface area contributed by atoms with Crippen LogP contribution < -0.4 is 14.8 Å². The molecule has 29 heavy (non-hydrogen) atoms. The SMILES string of the molecule is CCCOc1ccccc1C(=O)Nc1ccc(OCCCc2ccccc2)cc1. The summed E-state index contributed by atoms with van der Waals surface area (Å²) in [6, 6.07) is 25.1. The predicted molar refractivity (Wildman–Crippen MR) is 117 cm³/mol. The Kier molecular flexibility index (Phi) is 7.70. The van der Waals surface area contributed by atoms with Gasteiger partial charge in [-0.05, 0) is 61.2 Å². The van der Waals surface area contributed by atoms with E-state index in [4.69, 9.17) is 9.47 Å². The van der Waals surface area contributed by atoms with Gasteiger partial charge in [0, 0.05) is 5.69 Å². The molecule has 0 aromatic heterocycles. The molecule has 0 aliphatic heterocycles. The van der Waals surface area contributed by atoms with E-state index < -0.39 is 0 Å². The molecule has 0 bridgehead atoms. The summed E-state index contributed by atoms with van der Waals surface area (Å²) in [5.41, 5.74) is 2.57. The number of ether oxygens (including phenoxy) is 2. The van der Waals surface area contributed by atoms with E-state index in [1.807, 2.05) is 55.5 Å². The Morgan fingerprint density at radius 2 is 1.55 bits per heavy atom. The van der Waals surface area contributed by atoms with Gasteiger partial charge in [-0.3, -0.25) is 4.79 Å². The molecule has 0 spiro atoms. The lowest BCUT2D eigenvalue weighted by molar-refractivity contribution is 0.102. The number of aryl methyl sites for hydroxylation is 1. The Labute approximate surface area is 172 Å². The van der Waals surface area contributed by atoms with E-state index in [9.17, 15) is 4.79 Å². The molecule has 3 aromatic carbocycles. The van der Waals surface area contributed by atoms with Crippen LogP contribution >= 0.6 is 0 Å². The highest BCUT2D eigenvalue weighted by Gasteiger charge is 2.12. The zero-order valence-corrected chi connectivity index (χ0v) is 16.8. The normalized spacial score (nSPS) is 10.4. The number of nitrogens with one attached hydrogen (secondary N) is 1. The van der Waals surface area contributed by atoms with Crippen molar-refractivity contribution in [2.24, 2.45) is 0 Å². The summed E-state index contributed by atoms with van der Waals surface area (Å²) in [6.07, 6.45) is 2.84. The smallest absolute Gasteiger partial charge is 0.259 e. The second-order valence-corrected chi connectivity index (χ2v) is 6.76. The van der Waals surface area contributed by atoms with Crippen LogP contribution in [-0.4, -0.2) is 19.1 Å². The van der Waals surface area contributed by atoms with Crippen molar-refractivity contribution in [3.8, 4) is 11.5 Å². The van der Waals surface area contributed by atoms with E-state index in [1.165, 1.54) is 5.56 Å². The maximum Gasteiger partial charge on any atom is 0.259 e. The van der Waals surface area contributed by atoms with E-state index in [1.54, 1.807) is 6.07 Å². The summed E-state index contributed by atoms with van der Waals surface area (Å²) in [5.74, 6) is 1.21. The fourth-order valence-corrected chi connectivity index (χ4v) is 2.94. The maximum atomic E-state index is 12.6. The van der Waals surface area contributed by atoms with Gasteiger partial charge in [-0.1, -0.05) is 49.4 Å². The van der Waals surface area contributed by atoms with Gasteiger partial charge in [0.1, 0.15) is 11.5 Å². The lowest BCUT2D eigenvalue weighted by Gasteiger charge is -2.12. The first kappa shape index (κ1) is 20.5. The lowest BCUT2D eigenvalue weighted by atomic mass is 10.1. The number of hydrogen-bond donors (Lipinski definition) is 1. The molecule has 0 radical (unpaired) electrons. The first-order valence-corrected chi connectivity index (χ1v) is 10.1. The first-order chi connectivity index (χ1) is 14.3. The van der Waals surface area contributed by atoms with Crippen molar-refractivity contribution < 1.29 is 14.3 Å². The highest BCUT2D eigenvalue weighted by atomic mass is 16.5. The van der Waals surface area contributed by atoms with Crippen LogP contribution in [0.5, 0.6) is 11.5 Å². The Balaban J connectivity index is 1.49. The molecule has 150 valence electrons. The number of carbonyl (C=O) groups excluding carboxylic acids is 1. The molecule has 0 heterocycles. The molecule has 3 aromatic rings. The van der Waals surface area contributed by atoms with E-state index in [0.717, 1.165) is 30.7 Å². The van der Waals surface area contributed by atoms with Crippen molar-refractivity contribution in [3.63, 3.8) is 0 Å². The van der Waals surface area contributed by atoms with Gasteiger partial charge in [-0.15, -0.1) is 0 Å². The zero-order chi connectivity index (χ0) is 20.3.